The molecule has 0 aliphatic rings. The van der Waals surface area contributed by atoms with Crippen LogP contribution < -0.4 is 5.32 Å². The molecule has 0 aromatic heterocycles. The molecule has 0 aromatic rings. The summed E-state index contributed by atoms with van der Waals surface area (Å²) in [6.07, 6.45) is 58.5. The van der Waals surface area contributed by atoms with Crippen LogP contribution in [-0.2, 0) is 14.3 Å². The number of hydrogen-bond donors (Lipinski definition) is 3. The molecule has 0 aromatic carbocycles. The lowest BCUT2D eigenvalue weighted by Crippen LogP contribution is -2.46. The summed E-state index contributed by atoms with van der Waals surface area (Å²) in [4.78, 5) is 26.1. The highest BCUT2D eigenvalue weighted by Gasteiger charge is 2.24. The summed E-state index contributed by atoms with van der Waals surface area (Å²) in [5.74, 6) is -0.546. The minimum atomic E-state index is -0.805. The second-order valence-corrected chi connectivity index (χ2v) is 17.2. The number of aliphatic hydroxyl groups is 2. The first-order valence-electron chi connectivity index (χ1n) is 25.5. The summed E-state index contributed by atoms with van der Waals surface area (Å²) in [5, 5.41) is 23.7. The number of amides is 1. The maximum absolute atomic E-state index is 13.2. The van der Waals surface area contributed by atoms with Crippen molar-refractivity contribution in [2.45, 2.75) is 264 Å². The van der Waals surface area contributed by atoms with E-state index in [1.165, 1.54) is 109 Å². The fourth-order valence-electron chi connectivity index (χ4n) is 7.48. The maximum atomic E-state index is 13.2. The van der Waals surface area contributed by atoms with E-state index in [9.17, 15) is 19.8 Å². The summed E-state index contributed by atoms with van der Waals surface area (Å²) in [5.41, 5.74) is 0. The van der Waals surface area contributed by atoms with Gasteiger partial charge in [-0.15, -0.1) is 0 Å². The van der Waals surface area contributed by atoms with E-state index in [-0.39, 0.29) is 24.9 Å². The second-order valence-electron chi connectivity index (χ2n) is 17.2. The number of aliphatic hydroxyl groups excluding tert-OH is 2. The van der Waals surface area contributed by atoms with Gasteiger partial charge in [-0.1, -0.05) is 210 Å². The first-order chi connectivity index (χ1) is 29.5. The Hall–Kier alpha value is -2.44. The Kier molecular flexibility index (Phi) is 45.7. The molecule has 6 nitrogen and oxygen atoms in total. The Morgan fingerprint density at radius 3 is 1.42 bits per heavy atom. The molecule has 0 saturated carbocycles. The van der Waals surface area contributed by atoms with E-state index >= 15 is 0 Å². The number of esters is 1. The third-order valence-electron chi connectivity index (χ3n) is 11.3. The number of hydrogen-bond acceptors (Lipinski definition) is 5. The average molecular weight is 840 g/mol. The zero-order chi connectivity index (χ0) is 43.8. The Balaban J connectivity index is 4.67. The molecule has 60 heavy (non-hydrogen) atoms. The van der Waals surface area contributed by atoms with Gasteiger partial charge in [-0.25, -0.2) is 0 Å². The van der Waals surface area contributed by atoms with Crippen LogP contribution in [-0.4, -0.2) is 46.9 Å². The Labute approximate surface area is 371 Å². The van der Waals surface area contributed by atoms with E-state index in [0.29, 0.717) is 19.3 Å². The number of unbranched alkanes of at least 4 members (excludes halogenated alkanes) is 23. The molecule has 0 saturated heterocycles. The molecule has 0 rings (SSSR count). The highest BCUT2D eigenvalue weighted by Crippen LogP contribution is 2.17. The van der Waals surface area contributed by atoms with Crippen molar-refractivity contribution < 1.29 is 24.5 Å². The van der Waals surface area contributed by atoms with Crippen LogP contribution in [0.25, 0.3) is 0 Å². The molecule has 0 aliphatic heterocycles. The zero-order valence-electron chi connectivity index (χ0n) is 39.6. The van der Waals surface area contributed by atoms with Crippen LogP contribution >= 0.6 is 0 Å². The lowest BCUT2D eigenvalue weighted by Gasteiger charge is -2.24. The predicted molar refractivity (Wildman–Crippen MR) is 259 cm³/mol. The van der Waals surface area contributed by atoms with Crippen molar-refractivity contribution in [1.29, 1.82) is 0 Å². The van der Waals surface area contributed by atoms with Gasteiger partial charge in [0.2, 0.25) is 5.91 Å². The highest BCUT2D eigenvalue weighted by atomic mass is 16.5. The van der Waals surface area contributed by atoms with Crippen molar-refractivity contribution in [3.63, 3.8) is 0 Å². The van der Waals surface area contributed by atoms with Crippen LogP contribution in [0.15, 0.2) is 60.8 Å². The van der Waals surface area contributed by atoms with Gasteiger partial charge in [0, 0.05) is 6.42 Å². The number of ether oxygens (including phenoxy) is 1. The van der Waals surface area contributed by atoms with E-state index in [1.54, 1.807) is 0 Å². The van der Waals surface area contributed by atoms with Crippen LogP contribution in [0.3, 0.4) is 0 Å². The number of carbonyl (C=O) groups excluding carboxylic acids is 2. The van der Waals surface area contributed by atoms with Crippen LogP contribution in [0.4, 0.5) is 0 Å². The van der Waals surface area contributed by atoms with Gasteiger partial charge < -0.3 is 20.3 Å². The van der Waals surface area contributed by atoms with E-state index in [1.807, 2.05) is 0 Å². The van der Waals surface area contributed by atoms with E-state index in [4.69, 9.17) is 4.74 Å². The highest BCUT2D eigenvalue weighted by molar-refractivity contribution is 5.77. The quantitative estimate of drug-likeness (QED) is 0.0322. The molecule has 3 unspecified atom stereocenters. The fourth-order valence-corrected chi connectivity index (χ4v) is 7.48. The first-order valence-corrected chi connectivity index (χ1v) is 25.5. The molecule has 1 amide bonds. The molecular weight excluding hydrogens is 743 g/mol. The minimum Gasteiger partial charge on any atom is -0.462 e. The molecule has 0 bridgehead atoms. The average Bonchev–Trinajstić information content (AvgIpc) is 3.24. The second kappa shape index (κ2) is 47.6. The summed E-state index contributed by atoms with van der Waals surface area (Å²) in [6.45, 7) is 6.34. The molecule has 348 valence electrons. The van der Waals surface area contributed by atoms with E-state index in [0.717, 1.165) is 89.9 Å². The van der Waals surface area contributed by atoms with Crippen molar-refractivity contribution in [2.24, 2.45) is 0 Å². The van der Waals surface area contributed by atoms with Crippen LogP contribution in [0.2, 0.25) is 0 Å². The summed E-state index contributed by atoms with van der Waals surface area (Å²) >= 11 is 0. The molecular formula is C54H97NO5. The zero-order valence-corrected chi connectivity index (χ0v) is 39.6. The maximum Gasteiger partial charge on any atom is 0.306 e. The predicted octanol–water partition coefficient (Wildman–Crippen LogP) is 15.2. The lowest BCUT2D eigenvalue weighted by molar-refractivity contribution is -0.151. The molecule has 0 spiro atoms. The van der Waals surface area contributed by atoms with Gasteiger partial charge in [-0.2, -0.15) is 0 Å². The summed E-state index contributed by atoms with van der Waals surface area (Å²) in [7, 11) is 0. The van der Waals surface area contributed by atoms with Gasteiger partial charge in [0.05, 0.1) is 25.2 Å². The molecule has 0 heterocycles. The topological polar surface area (TPSA) is 95.9 Å². The molecule has 0 aliphatic carbocycles. The Bertz CT molecular complexity index is 1080. The molecule has 0 radical (unpaired) electrons. The Morgan fingerprint density at radius 1 is 0.500 bits per heavy atom. The van der Waals surface area contributed by atoms with Crippen LogP contribution in [0.5, 0.6) is 0 Å². The summed E-state index contributed by atoms with van der Waals surface area (Å²) < 4.78 is 5.89. The summed E-state index contributed by atoms with van der Waals surface area (Å²) in [6, 6.07) is -0.722. The number of rotatable bonds is 45. The number of nitrogens with one attached hydrogen (secondary N) is 1. The fraction of sp³-hybridized carbons (Fsp3) is 0.778. The SMILES string of the molecule is CC/C=C/C/C=C/C/C=C/C/C=C/CCCC(CC(=O)NC(CO)C(O)CCCCCCCCCCCCCCCC)OC(=O)CCCCC/C=C\CCCCCCCC. The minimum absolute atomic E-state index is 0.0332. The van der Waals surface area contributed by atoms with Gasteiger partial charge in [-0.3, -0.25) is 9.59 Å². The van der Waals surface area contributed by atoms with Crippen LogP contribution in [0, 0.1) is 0 Å². The third-order valence-corrected chi connectivity index (χ3v) is 11.3. The van der Waals surface area contributed by atoms with Crippen molar-refractivity contribution >= 4 is 11.9 Å². The standard InChI is InChI=1S/C54H97NO5/c1-4-7-10-13-16-19-22-25-28-30-33-36-39-42-45-50(60-54(59)47-44-41-38-35-32-27-24-21-18-15-12-9-6-3)48-53(58)55-51(49-56)52(57)46-43-40-37-34-31-29-26-23-20-17-14-11-8-5-2/h7,10,16,19,25,27-28,32-33,36,50-52,56-57H,4-6,8-9,11-15,17-18,20-24,26,29-31,34-35,37-49H2,1-3H3,(H,55,58)/b10-7+,19-16+,28-25+,32-27-,36-33+. The lowest BCUT2D eigenvalue weighted by atomic mass is 10.0. The van der Waals surface area contributed by atoms with Gasteiger partial charge in [-0.05, 0) is 83.5 Å². The van der Waals surface area contributed by atoms with Gasteiger partial charge in [0.1, 0.15) is 6.10 Å². The van der Waals surface area contributed by atoms with E-state index < -0.39 is 18.2 Å². The Morgan fingerprint density at radius 2 is 0.917 bits per heavy atom. The molecule has 3 N–H and O–H groups in total. The number of carbonyl (C=O) groups is 2. The third kappa shape index (κ3) is 42.3. The normalized spacial score (nSPS) is 13.8. The largest absolute Gasteiger partial charge is 0.462 e. The van der Waals surface area contributed by atoms with Crippen molar-refractivity contribution in [3.05, 3.63) is 60.8 Å². The van der Waals surface area contributed by atoms with Gasteiger partial charge >= 0.3 is 5.97 Å². The van der Waals surface area contributed by atoms with Gasteiger partial charge in [0.15, 0.2) is 0 Å². The van der Waals surface area contributed by atoms with Crippen molar-refractivity contribution in [3.8, 4) is 0 Å². The van der Waals surface area contributed by atoms with Crippen molar-refractivity contribution in [1.82, 2.24) is 5.32 Å². The molecule has 0 fully saturated rings. The first kappa shape index (κ1) is 57.6. The smallest absolute Gasteiger partial charge is 0.306 e. The van der Waals surface area contributed by atoms with Gasteiger partial charge in [0.25, 0.3) is 0 Å². The number of allylic oxidation sites excluding steroid dienone is 10. The van der Waals surface area contributed by atoms with Crippen molar-refractivity contribution in [2.75, 3.05) is 6.61 Å². The monoisotopic (exact) mass is 840 g/mol. The van der Waals surface area contributed by atoms with Crippen LogP contribution in [0.1, 0.15) is 245 Å². The molecule has 3 atom stereocenters. The molecule has 6 heteroatoms. The van der Waals surface area contributed by atoms with E-state index in [2.05, 4.69) is 86.8 Å².